The summed E-state index contributed by atoms with van der Waals surface area (Å²) < 4.78 is 0. The highest BCUT2D eigenvalue weighted by Gasteiger charge is 2.30. The van der Waals surface area contributed by atoms with E-state index in [0.29, 0.717) is 6.42 Å². The van der Waals surface area contributed by atoms with E-state index in [1.165, 1.54) is 0 Å². The summed E-state index contributed by atoms with van der Waals surface area (Å²) in [6.07, 6.45) is 5.08. The summed E-state index contributed by atoms with van der Waals surface area (Å²) in [6, 6.07) is -0.914. The molecule has 4 nitrogen and oxygen atoms in total. The Morgan fingerprint density at radius 1 is 1.21 bits per heavy atom. The summed E-state index contributed by atoms with van der Waals surface area (Å²) in [4.78, 5) is 10.7. The Kier molecular flexibility index (Phi) is 4.35. The Morgan fingerprint density at radius 3 is 2.36 bits per heavy atom. The molecule has 0 amide bonds. The summed E-state index contributed by atoms with van der Waals surface area (Å²) in [5.74, 6) is -1.28. The fraction of sp³-hybridized carbons (Fsp3) is 0.900. The van der Waals surface area contributed by atoms with Crippen molar-refractivity contribution in [3.05, 3.63) is 0 Å². The summed E-state index contributed by atoms with van der Waals surface area (Å²) in [5.41, 5.74) is 5.54. The van der Waals surface area contributed by atoms with E-state index in [2.05, 4.69) is 0 Å². The average Bonchev–Trinajstić information content (AvgIpc) is 2.11. The van der Waals surface area contributed by atoms with Gasteiger partial charge in [-0.05, 0) is 12.8 Å². The second-order valence-corrected chi connectivity index (χ2v) is 4.09. The summed E-state index contributed by atoms with van der Waals surface area (Å²) >= 11 is 0. The highest BCUT2D eigenvalue weighted by atomic mass is 16.4. The lowest BCUT2D eigenvalue weighted by Gasteiger charge is -2.27. The van der Waals surface area contributed by atoms with Crippen molar-refractivity contribution in [3.8, 4) is 0 Å². The Morgan fingerprint density at radius 2 is 1.79 bits per heavy atom. The van der Waals surface area contributed by atoms with Gasteiger partial charge in [-0.25, -0.2) is 0 Å². The van der Waals surface area contributed by atoms with Crippen LogP contribution in [0.5, 0.6) is 0 Å². The van der Waals surface area contributed by atoms with Gasteiger partial charge in [-0.15, -0.1) is 0 Å². The van der Waals surface area contributed by atoms with Gasteiger partial charge in [-0.1, -0.05) is 25.7 Å². The van der Waals surface area contributed by atoms with Crippen molar-refractivity contribution in [2.45, 2.75) is 50.7 Å². The SMILES string of the molecule is N[C@H](C(=O)O)[C@H]1CCCCCC[C@H]1O. The van der Waals surface area contributed by atoms with Gasteiger partial charge in [-0.2, -0.15) is 0 Å². The first kappa shape index (κ1) is 11.5. The van der Waals surface area contributed by atoms with Gasteiger partial charge in [0.05, 0.1) is 6.10 Å². The largest absolute Gasteiger partial charge is 0.480 e. The first-order valence-electron chi connectivity index (χ1n) is 5.29. The molecule has 1 rings (SSSR count). The molecular formula is C10H19NO3. The molecule has 0 spiro atoms. The van der Waals surface area contributed by atoms with Gasteiger partial charge in [0.25, 0.3) is 0 Å². The van der Waals surface area contributed by atoms with E-state index < -0.39 is 18.1 Å². The molecule has 1 aliphatic carbocycles. The minimum Gasteiger partial charge on any atom is -0.480 e. The molecule has 0 saturated heterocycles. The molecule has 3 atom stereocenters. The van der Waals surface area contributed by atoms with E-state index in [-0.39, 0.29) is 5.92 Å². The number of nitrogens with two attached hydrogens (primary N) is 1. The monoisotopic (exact) mass is 201 g/mol. The highest BCUT2D eigenvalue weighted by Crippen LogP contribution is 2.24. The molecule has 0 heterocycles. The van der Waals surface area contributed by atoms with Crippen molar-refractivity contribution in [1.29, 1.82) is 0 Å². The summed E-state index contributed by atoms with van der Waals surface area (Å²) in [6.45, 7) is 0. The van der Waals surface area contributed by atoms with Gasteiger partial charge in [0, 0.05) is 5.92 Å². The van der Waals surface area contributed by atoms with Crippen molar-refractivity contribution in [2.75, 3.05) is 0 Å². The molecule has 4 heteroatoms. The van der Waals surface area contributed by atoms with Crippen LogP contribution < -0.4 is 5.73 Å². The van der Waals surface area contributed by atoms with Crippen LogP contribution in [0, 0.1) is 5.92 Å². The minimum atomic E-state index is -1.00. The Balaban J connectivity index is 2.57. The third kappa shape index (κ3) is 2.96. The van der Waals surface area contributed by atoms with Crippen LogP contribution >= 0.6 is 0 Å². The average molecular weight is 201 g/mol. The molecule has 0 aromatic rings. The molecule has 82 valence electrons. The van der Waals surface area contributed by atoms with E-state index in [9.17, 15) is 9.90 Å². The molecule has 0 aromatic heterocycles. The van der Waals surface area contributed by atoms with E-state index >= 15 is 0 Å². The second kappa shape index (κ2) is 5.32. The van der Waals surface area contributed by atoms with Gasteiger partial charge >= 0.3 is 5.97 Å². The van der Waals surface area contributed by atoms with Crippen LogP contribution in [0.25, 0.3) is 0 Å². The molecule has 14 heavy (non-hydrogen) atoms. The first-order valence-corrected chi connectivity index (χ1v) is 5.29. The molecule has 0 unspecified atom stereocenters. The number of aliphatic hydroxyl groups excluding tert-OH is 1. The quantitative estimate of drug-likeness (QED) is 0.615. The minimum absolute atomic E-state index is 0.271. The lowest BCUT2D eigenvalue weighted by molar-refractivity contribution is -0.141. The summed E-state index contributed by atoms with van der Waals surface area (Å²) in [7, 11) is 0. The zero-order valence-electron chi connectivity index (χ0n) is 8.35. The molecule has 0 bridgehead atoms. The molecule has 1 fully saturated rings. The molecule has 1 aliphatic rings. The zero-order valence-corrected chi connectivity index (χ0v) is 8.35. The maximum Gasteiger partial charge on any atom is 0.320 e. The standard InChI is InChI=1S/C10H19NO3/c11-9(10(13)14)7-5-3-1-2-4-6-8(7)12/h7-9,12H,1-6,11H2,(H,13,14)/t7-,8+,9-/m0/s1. The molecule has 1 saturated carbocycles. The van der Waals surface area contributed by atoms with Crippen LogP contribution in [-0.2, 0) is 4.79 Å². The lowest BCUT2D eigenvalue weighted by atomic mass is 9.84. The Hall–Kier alpha value is -0.610. The predicted molar refractivity (Wildman–Crippen MR) is 52.8 cm³/mol. The van der Waals surface area contributed by atoms with Crippen LogP contribution in [0.1, 0.15) is 38.5 Å². The van der Waals surface area contributed by atoms with Crippen LogP contribution in [-0.4, -0.2) is 28.3 Å². The number of carbonyl (C=O) groups is 1. The Bertz CT molecular complexity index is 196. The maximum absolute atomic E-state index is 10.7. The van der Waals surface area contributed by atoms with Gasteiger partial charge in [0.15, 0.2) is 0 Å². The zero-order chi connectivity index (χ0) is 10.6. The third-order valence-corrected chi connectivity index (χ3v) is 3.03. The van der Waals surface area contributed by atoms with Crippen molar-refractivity contribution < 1.29 is 15.0 Å². The Labute approximate surface area is 84.1 Å². The number of aliphatic carboxylic acids is 1. The molecule has 0 aromatic carbocycles. The molecule has 0 radical (unpaired) electrons. The van der Waals surface area contributed by atoms with Crippen LogP contribution in [0.15, 0.2) is 0 Å². The third-order valence-electron chi connectivity index (χ3n) is 3.03. The van der Waals surface area contributed by atoms with Gasteiger partial charge in [0.1, 0.15) is 6.04 Å². The van der Waals surface area contributed by atoms with Crippen molar-refractivity contribution >= 4 is 5.97 Å². The summed E-state index contributed by atoms with van der Waals surface area (Å²) in [5, 5.41) is 18.5. The number of rotatable bonds is 2. The smallest absolute Gasteiger partial charge is 0.320 e. The maximum atomic E-state index is 10.7. The van der Waals surface area contributed by atoms with E-state index in [1.54, 1.807) is 0 Å². The number of carboxylic acid groups (broad SMARTS) is 1. The molecule has 4 N–H and O–H groups in total. The van der Waals surface area contributed by atoms with Crippen LogP contribution in [0.2, 0.25) is 0 Å². The van der Waals surface area contributed by atoms with Crippen molar-refractivity contribution in [3.63, 3.8) is 0 Å². The fourth-order valence-electron chi connectivity index (χ4n) is 2.10. The normalized spacial score (nSPS) is 31.6. The number of carboxylic acids is 1. The molecule has 0 aliphatic heterocycles. The van der Waals surface area contributed by atoms with E-state index in [4.69, 9.17) is 10.8 Å². The van der Waals surface area contributed by atoms with Crippen LogP contribution in [0.3, 0.4) is 0 Å². The highest BCUT2D eigenvalue weighted by molar-refractivity contribution is 5.73. The van der Waals surface area contributed by atoms with Crippen LogP contribution in [0.4, 0.5) is 0 Å². The fourth-order valence-corrected chi connectivity index (χ4v) is 2.10. The number of hydrogen-bond donors (Lipinski definition) is 3. The van der Waals surface area contributed by atoms with Gasteiger partial charge in [0.2, 0.25) is 0 Å². The van der Waals surface area contributed by atoms with E-state index in [0.717, 1.165) is 32.1 Å². The lowest BCUT2D eigenvalue weighted by Crippen LogP contribution is -2.44. The van der Waals surface area contributed by atoms with Gasteiger partial charge < -0.3 is 15.9 Å². The number of aliphatic hydroxyl groups is 1. The number of hydrogen-bond acceptors (Lipinski definition) is 3. The topological polar surface area (TPSA) is 83.6 Å². The van der Waals surface area contributed by atoms with Crippen molar-refractivity contribution in [2.24, 2.45) is 11.7 Å². The first-order chi connectivity index (χ1) is 6.63. The second-order valence-electron chi connectivity index (χ2n) is 4.09. The predicted octanol–water partition coefficient (Wildman–Crippen LogP) is 0.730. The molecular weight excluding hydrogens is 182 g/mol. The van der Waals surface area contributed by atoms with Crippen molar-refractivity contribution in [1.82, 2.24) is 0 Å². The van der Waals surface area contributed by atoms with E-state index in [1.807, 2.05) is 0 Å². The van der Waals surface area contributed by atoms with Gasteiger partial charge in [-0.3, -0.25) is 4.79 Å².